The number of hydrogen-bond acceptors (Lipinski definition) is 3. The average Bonchev–Trinajstić information content (AvgIpc) is 2.38. The Morgan fingerprint density at radius 3 is 2.35 bits per heavy atom. The molecule has 0 aromatic carbocycles. The molecule has 4 heteroatoms. The fraction of sp³-hybridized carbons (Fsp3) is 0.750. The SMILES string of the molecule is COC1(c2nc(Cl)cc(C(C)(C)C)n2)CCC(C)CC1. The van der Waals surface area contributed by atoms with Crippen molar-refractivity contribution in [2.45, 2.75) is 64.4 Å². The van der Waals surface area contributed by atoms with E-state index in [0.717, 1.165) is 43.1 Å². The van der Waals surface area contributed by atoms with Crippen LogP contribution in [0.15, 0.2) is 6.07 Å². The van der Waals surface area contributed by atoms with E-state index in [4.69, 9.17) is 21.3 Å². The van der Waals surface area contributed by atoms with Gasteiger partial charge in [-0.25, -0.2) is 9.97 Å². The van der Waals surface area contributed by atoms with Crippen molar-refractivity contribution in [1.82, 2.24) is 9.97 Å². The Balaban J connectivity index is 2.42. The predicted octanol–water partition coefficient (Wildman–Crippen LogP) is 4.48. The van der Waals surface area contributed by atoms with Gasteiger partial charge in [0.1, 0.15) is 10.8 Å². The summed E-state index contributed by atoms with van der Waals surface area (Å²) in [5.74, 6) is 1.50. The maximum Gasteiger partial charge on any atom is 0.162 e. The second kappa shape index (κ2) is 5.61. The van der Waals surface area contributed by atoms with Crippen molar-refractivity contribution in [2.75, 3.05) is 7.11 Å². The van der Waals surface area contributed by atoms with Crippen molar-refractivity contribution in [3.05, 3.63) is 22.7 Å². The number of hydrogen-bond donors (Lipinski definition) is 0. The minimum atomic E-state index is -0.364. The maximum atomic E-state index is 6.22. The fourth-order valence-corrected chi connectivity index (χ4v) is 2.94. The quantitative estimate of drug-likeness (QED) is 0.755. The summed E-state index contributed by atoms with van der Waals surface area (Å²) in [6.45, 7) is 8.70. The summed E-state index contributed by atoms with van der Waals surface area (Å²) in [7, 11) is 1.76. The second-order valence-corrected chi connectivity index (χ2v) is 7.42. The van der Waals surface area contributed by atoms with Gasteiger partial charge in [-0.05, 0) is 37.7 Å². The van der Waals surface area contributed by atoms with Crippen LogP contribution in [0.1, 0.15) is 64.9 Å². The molecule has 1 aromatic heterocycles. The van der Waals surface area contributed by atoms with E-state index in [1.807, 2.05) is 6.07 Å². The zero-order valence-corrected chi connectivity index (χ0v) is 13.9. The Morgan fingerprint density at radius 1 is 1.25 bits per heavy atom. The molecular formula is C16H25ClN2O. The molecule has 1 fully saturated rings. The van der Waals surface area contributed by atoms with E-state index in [9.17, 15) is 0 Å². The Morgan fingerprint density at radius 2 is 1.85 bits per heavy atom. The summed E-state index contributed by atoms with van der Waals surface area (Å²) in [6.07, 6.45) is 4.23. The van der Waals surface area contributed by atoms with Crippen LogP contribution in [0.4, 0.5) is 0 Å². The smallest absolute Gasteiger partial charge is 0.162 e. The summed E-state index contributed by atoms with van der Waals surface area (Å²) < 4.78 is 5.85. The van der Waals surface area contributed by atoms with Gasteiger partial charge in [-0.3, -0.25) is 0 Å². The first-order valence-electron chi connectivity index (χ1n) is 7.37. The second-order valence-electron chi connectivity index (χ2n) is 7.03. The van der Waals surface area contributed by atoms with E-state index >= 15 is 0 Å². The first kappa shape index (κ1) is 15.7. The average molecular weight is 297 g/mol. The van der Waals surface area contributed by atoms with Crippen LogP contribution in [0.3, 0.4) is 0 Å². The summed E-state index contributed by atoms with van der Waals surface area (Å²) in [4.78, 5) is 9.24. The van der Waals surface area contributed by atoms with Gasteiger partial charge in [0.15, 0.2) is 5.82 Å². The van der Waals surface area contributed by atoms with Gasteiger partial charge < -0.3 is 4.74 Å². The van der Waals surface area contributed by atoms with Crippen molar-refractivity contribution in [1.29, 1.82) is 0 Å². The molecule has 0 N–H and O–H groups in total. The number of methoxy groups -OCH3 is 1. The molecule has 0 atom stereocenters. The maximum absolute atomic E-state index is 6.22. The summed E-state index contributed by atoms with van der Waals surface area (Å²) >= 11 is 6.22. The lowest BCUT2D eigenvalue weighted by Crippen LogP contribution is -2.36. The van der Waals surface area contributed by atoms with Crippen molar-refractivity contribution in [2.24, 2.45) is 5.92 Å². The number of rotatable bonds is 2. The highest BCUT2D eigenvalue weighted by Gasteiger charge is 2.39. The molecule has 1 aliphatic carbocycles. The molecule has 1 heterocycles. The van der Waals surface area contributed by atoms with Gasteiger partial charge in [-0.2, -0.15) is 0 Å². The first-order valence-corrected chi connectivity index (χ1v) is 7.75. The normalized spacial score (nSPS) is 27.6. The molecule has 0 amide bonds. The molecule has 1 aromatic rings. The lowest BCUT2D eigenvalue weighted by molar-refractivity contribution is -0.0599. The van der Waals surface area contributed by atoms with Crippen LogP contribution in [-0.4, -0.2) is 17.1 Å². The highest BCUT2D eigenvalue weighted by molar-refractivity contribution is 6.29. The minimum absolute atomic E-state index is 0.0434. The lowest BCUT2D eigenvalue weighted by Gasteiger charge is -2.37. The van der Waals surface area contributed by atoms with Crippen LogP contribution in [0.2, 0.25) is 5.15 Å². The molecule has 3 nitrogen and oxygen atoms in total. The van der Waals surface area contributed by atoms with Gasteiger partial charge in [-0.15, -0.1) is 0 Å². The van der Waals surface area contributed by atoms with Crippen LogP contribution in [0.25, 0.3) is 0 Å². The first-order chi connectivity index (χ1) is 9.27. The Labute approximate surface area is 127 Å². The van der Waals surface area contributed by atoms with E-state index in [-0.39, 0.29) is 11.0 Å². The molecule has 0 radical (unpaired) electrons. The molecule has 0 bridgehead atoms. The third-order valence-corrected chi connectivity index (χ3v) is 4.54. The Kier molecular flexibility index (Phi) is 4.41. The highest BCUT2D eigenvalue weighted by Crippen LogP contribution is 2.41. The van der Waals surface area contributed by atoms with E-state index in [1.165, 1.54) is 0 Å². The number of halogens is 1. The van der Waals surface area contributed by atoms with Crippen molar-refractivity contribution in [3.63, 3.8) is 0 Å². The Bertz CT molecular complexity index is 474. The monoisotopic (exact) mass is 296 g/mol. The van der Waals surface area contributed by atoms with E-state index in [2.05, 4.69) is 32.7 Å². The van der Waals surface area contributed by atoms with Gasteiger partial charge in [-0.1, -0.05) is 39.3 Å². The van der Waals surface area contributed by atoms with Crippen molar-refractivity contribution in [3.8, 4) is 0 Å². The largest absolute Gasteiger partial charge is 0.370 e. The van der Waals surface area contributed by atoms with E-state index in [0.29, 0.717) is 5.15 Å². The summed E-state index contributed by atoms with van der Waals surface area (Å²) in [5, 5.41) is 0.509. The van der Waals surface area contributed by atoms with Gasteiger partial charge >= 0.3 is 0 Å². The number of nitrogens with zero attached hydrogens (tertiary/aromatic N) is 2. The Hall–Kier alpha value is -0.670. The molecule has 1 saturated carbocycles. The standard InChI is InChI=1S/C16H25ClN2O/c1-11-6-8-16(20-5,9-7-11)14-18-12(15(2,3)4)10-13(17)19-14/h10-11H,6-9H2,1-5H3. The van der Waals surface area contributed by atoms with Crippen molar-refractivity contribution >= 4 is 11.6 Å². The molecule has 2 rings (SSSR count). The molecule has 112 valence electrons. The van der Waals surface area contributed by atoms with Gasteiger partial charge in [0, 0.05) is 12.5 Å². The van der Waals surface area contributed by atoms with E-state index in [1.54, 1.807) is 7.11 Å². The summed E-state index contributed by atoms with van der Waals surface area (Å²) in [5.41, 5.74) is 0.567. The van der Waals surface area contributed by atoms with Crippen LogP contribution in [0, 0.1) is 5.92 Å². The van der Waals surface area contributed by atoms with Gasteiger partial charge in [0.25, 0.3) is 0 Å². The lowest BCUT2D eigenvalue weighted by atomic mass is 9.78. The molecule has 0 spiro atoms. The summed E-state index contributed by atoms with van der Waals surface area (Å²) in [6, 6.07) is 1.86. The minimum Gasteiger partial charge on any atom is -0.370 e. The highest BCUT2D eigenvalue weighted by atomic mass is 35.5. The molecule has 1 aliphatic rings. The van der Waals surface area contributed by atoms with Crippen LogP contribution >= 0.6 is 11.6 Å². The third-order valence-electron chi connectivity index (χ3n) is 4.34. The molecule has 0 aliphatic heterocycles. The molecule has 20 heavy (non-hydrogen) atoms. The van der Waals surface area contributed by atoms with Crippen molar-refractivity contribution < 1.29 is 4.74 Å². The number of aromatic nitrogens is 2. The predicted molar refractivity (Wildman–Crippen MR) is 82.1 cm³/mol. The van der Waals surface area contributed by atoms with Crippen LogP contribution in [-0.2, 0) is 15.8 Å². The van der Waals surface area contributed by atoms with Crippen LogP contribution < -0.4 is 0 Å². The zero-order valence-electron chi connectivity index (χ0n) is 13.2. The molecule has 0 saturated heterocycles. The van der Waals surface area contributed by atoms with Crippen LogP contribution in [0.5, 0.6) is 0 Å². The fourth-order valence-electron chi connectivity index (χ4n) is 2.75. The van der Waals surface area contributed by atoms with Gasteiger partial charge in [0.2, 0.25) is 0 Å². The topological polar surface area (TPSA) is 35.0 Å². The zero-order chi connectivity index (χ0) is 15.0. The van der Waals surface area contributed by atoms with E-state index < -0.39 is 0 Å². The van der Waals surface area contributed by atoms with Gasteiger partial charge in [0.05, 0.1) is 5.69 Å². The third kappa shape index (κ3) is 3.15. The molecular weight excluding hydrogens is 272 g/mol. The molecule has 0 unspecified atom stereocenters. The number of ether oxygens (including phenoxy) is 1.